The Kier molecular flexibility index (Phi) is 5.61. The normalized spacial score (nSPS) is 12.3. The maximum Gasteiger partial charge on any atom is 0.311 e. The molecule has 0 unspecified atom stereocenters. The Morgan fingerprint density at radius 1 is 1.19 bits per heavy atom. The molecule has 0 saturated heterocycles. The van der Waals surface area contributed by atoms with Crippen LogP contribution in [0.1, 0.15) is 28.9 Å². The molecule has 1 amide bonds. The van der Waals surface area contributed by atoms with Crippen molar-refractivity contribution in [2.45, 2.75) is 17.9 Å². The minimum absolute atomic E-state index is 0.0657. The van der Waals surface area contributed by atoms with Gasteiger partial charge >= 0.3 is 5.69 Å². The lowest BCUT2D eigenvalue weighted by molar-refractivity contribution is -0.385. The molecule has 1 atom stereocenters. The molecule has 0 fully saturated rings. The van der Waals surface area contributed by atoms with Crippen molar-refractivity contribution >= 4 is 21.4 Å². The van der Waals surface area contributed by atoms with Crippen LogP contribution in [0.15, 0.2) is 47.4 Å². The fourth-order valence-electron chi connectivity index (χ4n) is 2.34. The highest BCUT2D eigenvalue weighted by Crippen LogP contribution is 2.27. The minimum atomic E-state index is -3.29. The van der Waals surface area contributed by atoms with Gasteiger partial charge in [0, 0.05) is 17.9 Å². The smallest absolute Gasteiger partial charge is 0.311 e. The Balaban J connectivity index is 2.19. The van der Waals surface area contributed by atoms with Crippen molar-refractivity contribution in [3.63, 3.8) is 0 Å². The number of nitrogens with zero attached hydrogens (tertiary/aromatic N) is 1. The van der Waals surface area contributed by atoms with Crippen LogP contribution in [0.25, 0.3) is 0 Å². The topological polar surface area (TPSA) is 116 Å². The van der Waals surface area contributed by atoms with Crippen molar-refractivity contribution < 1.29 is 22.9 Å². The number of sulfone groups is 1. The molecule has 0 aliphatic heterocycles. The molecule has 26 heavy (non-hydrogen) atoms. The van der Waals surface area contributed by atoms with Crippen LogP contribution in [-0.2, 0) is 9.84 Å². The quantitative estimate of drug-likeness (QED) is 0.610. The predicted molar refractivity (Wildman–Crippen MR) is 95.1 cm³/mol. The second-order valence-electron chi connectivity index (χ2n) is 5.68. The van der Waals surface area contributed by atoms with Gasteiger partial charge in [-0.15, -0.1) is 0 Å². The van der Waals surface area contributed by atoms with E-state index in [2.05, 4.69) is 5.32 Å². The largest absolute Gasteiger partial charge is 0.490 e. The number of carbonyl (C=O) groups is 1. The lowest BCUT2D eigenvalue weighted by Gasteiger charge is -2.15. The van der Waals surface area contributed by atoms with E-state index in [9.17, 15) is 23.3 Å². The van der Waals surface area contributed by atoms with E-state index in [1.54, 1.807) is 19.1 Å². The third kappa shape index (κ3) is 4.37. The Morgan fingerprint density at radius 3 is 2.31 bits per heavy atom. The van der Waals surface area contributed by atoms with Crippen molar-refractivity contribution in [3.8, 4) is 5.75 Å². The number of rotatable bonds is 6. The van der Waals surface area contributed by atoms with Gasteiger partial charge < -0.3 is 10.1 Å². The zero-order valence-electron chi connectivity index (χ0n) is 14.4. The highest BCUT2D eigenvalue weighted by molar-refractivity contribution is 7.90. The van der Waals surface area contributed by atoms with E-state index in [0.717, 1.165) is 12.3 Å². The standard InChI is InChI=1S/C17H18N2O6S/c1-11(12-4-7-14(8-5-12)26(3,23)24)18-17(20)13-6-9-16(25-2)15(10-13)19(21)22/h4-11H,1-3H3,(H,18,20)/t11-/m1/s1. The summed E-state index contributed by atoms with van der Waals surface area (Å²) < 4.78 is 27.9. The number of hydrogen-bond acceptors (Lipinski definition) is 6. The zero-order chi connectivity index (χ0) is 19.5. The number of ether oxygens (including phenoxy) is 1. The summed E-state index contributed by atoms with van der Waals surface area (Å²) in [5.74, 6) is -0.425. The van der Waals surface area contributed by atoms with Gasteiger partial charge in [-0.05, 0) is 36.8 Å². The molecule has 0 saturated carbocycles. The number of nitro benzene ring substituents is 1. The first-order valence-corrected chi connectivity index (χ1v) is 9.46. The van der Waals surface area contributed by atoms with Gasteiger partial charge in [0.15, 0.2) is 15.6 Å². The van der Waals surface area contributed by atoms with Crippen molar-refractivity contribution in [3.05, 3.63) is 63.7 Å². The molecular formula is C17H18N2O6S. The van der Waals surface area contributed by atoms with Gasteiger partial charge in [0.2, 0.25) is 0 Å². The Hall–Kier alpha value is -2.94. The second-order valence-corrected chi connectivity index (χ2v) is 7.70. The van der Waals surface area contributed by atoms with Gasteiger partial charge in [0.1, 0.15) is 0 Å². The van der Waals surface area contributed by atoms with Crippen LogP contribution in [0.5, 0.6) is 5.75 Å². The summed E-state index contributed by atoms with van der Waals surface area (Å²) in [7, 11) is -1.98. The average molecular weight is 378 g/mol. The van der Waals surface area contributed by atoms with Crippen molar-refractivity contribution in [1.82, 2.24) is 5.32 Å². The van der Waals surface area contributed by atoms with E-state index >= 15 is 0 Å². The lowest BCUT2D eigenvalue weighted by atomic mass is 10.1. The van der Waals surface area contributed by atoms with Gasteiger partial charge in [-0.2, -0.15) is 0 Å². The first kappa shape index (κ1) is 19.4. The summed E-state index contributed by atoms with van der Waals surface area (Å²) in [5.41, 5.74) is 0.524. The second kappa shape index (κ2) is 7.52. The number of methoxy groups -OCH3 is 1. The summed E-state index contributed by atoms with van der Waals surface area (Å²) in [6.07, 6.45) is 1.11. The molecule has 1 N–H and O–H groups in total. The summed E-state index contributed by atoms with van der Waals surface area (Å²) in [6, 6.07) is 9.66. The number of carbonyl (C=O) groups excluding carboxylic acids is 1. The fraction of sp³-hybridized carbons (Fsp3) is 0.235. The number of amides is 1. The maximum atomic E-state index is 12.4. The number of nitrogens with one attached hydrogen (secondary N) is 1. The fourth-order valence-corrected chi connectivity index (χ4v) is 2.97. The Bertz CT molecular complexity index is 938. The molecule has 2 aromatic carbocycles. The van der Waals surface area contributed by atoms with E-state index < -0.39 is 26.7 Å². The van der Waals surface area contributed by atoms with Crippen LogP contribution in [0.2, 0.25) is 0 Å². The summed E-state index contributed by atoms with van der Waals surface area (Å²) in [4.78, 5) is 23.0. The molecule has 2 rings (SSSR count). The molecule has 0 aromatic heterocycles. The lowest BCUT2D eigenvalue weighted by Crippen LogP contribution is -2.26. The minimum Gasteiger partial charge on any atom is -0.490 e. The molecule has 0 heterocycles. The van der Waals surface area contributed by atoms with Crippen LogP contribution >= 0.6 is 0 Å². The van der Waals surface area contributed by atoms with Crippen LogP contribution in [0.4, 0.5) is 5.69 Å². The third-order valence-corrected chi connectivity index (χ3v) is 4.92. The van der Waals surface area contributed by atoms with Crippen LogP contribution < -0.4 is 10.1 Å². The highest BCUT2D eigenvalue weighted by Gasteiger charge is 2.19. The van der Waals surface area contributed by atoms with E-state index in [4.69, 9.17) is 4.74 Å². The van der Waals surface area contributed by atoms with Gasteiger partial charge in [-0.3, -0.25) is 14.9 Å². The summed E-state index contributed by atoms with van der Waals surface area (Å²) in [6.45, 7) is 1.73. The Morgan fingerprint density at radius 2 is 1.81 bits per heavy atom. The van der Waals surface area contributed by atoms with E-state index in [-0.39, 0.29) is 21.9 Å². The molecular weight excluding hydrogens is 360 g/mol. The van der Waals surface area contributed by atoms with Crippen LogP contribution in [0, 0.1) is 10.1 Å². The molecule has 0 spiro atoms. The SMILES string of the molecule is COc1ccc(C(=O)N[C@H](C)c2ccc(S(C)(=O)=O)cc2)cc1[N+](=O)[O-]. The molecule has 0 aliphatic rings. The number of hydrogen-bond donors (Lipinski definition) is 1. The monoisotopic (exact) mass is 378 g/mol. The zero-order valence-corrected chi connectivity index (χ0v) is 15.2. The van der Waals surface area contributed by atoms with Gasteiger partial charge in [-0.25, -0.2) is 8.42 Å². The summed E-state index contributed by atoms with van der Waals surface area (Å²) in [5, 5.41) is 13.8. The predicted octanol–water partition coefficient (Wildman–Crippen LogP) is 2.50. The maximum absolute atomic E-state index is 12.4. The van der Waals surface area contributed by atoms with Gasteiger partial charge in [-0.1, -0.05) is 12.1 Å². The van der Waals surface area contributed by atoms with Gasteiger partial charge in [0.05, 0.1) is 23.0 Å². The molecule has 0 aliphatic carbocycles. The summed E-state index contributed by atoms with van der Waals surface area (Å²) >= 11 is 0. The first-order valence-electron chi connectivity index (χ1n) is 7.57. The van der Waals surface area contributed by atoms with Crippen molar-refractivity contribution in [2.75, 3.05) is 13.4 Å². The molecule has 138 valence electrons. The van der Waals surface area contributed by atoms with Crippen molar-refractivity contribution in [2.24, 2.45) is 0 Å². The van der Waals surface area contributed by atoms with Crippen LogP contribution in [-0.4, -0.2) is 32.6 Å². The van der Waals surface area contributed by atoms with E-state index in [1.165, 1.54) is 31.4 Å². The number of benzene rings is 2. The van der Waals surface area contributed by atoms with E-state index in [1.807, 2.05) is 0 Å². The highest BCUT2D eigenvalue weighted by atomic mass is 32.2. The molecule has 2 aromatic rings. The molecule has 9 heteroatoms. The third-order valence-electron chi connectivity index (χ3n) is 3.79. The van der Waals surface area contributed by atoms with Gasteiger partial charge in [0.25, 0.3) is 5.91 Å². The van der Waals surface area contributed by atoms with E-state index in [0.29, 0.717) is 5.56 Å². The first-order chi connectivity index (χ1) is 12.1. The van der Waals surface area contributed by atoms with Crippen molar-refractivity contribution in [1.29, 1.82) is 0 Å². The molecule has 0 bridgehead atoms. The Labute approximate surface area is 150 Å². The van der Waals surface area contributed by atoms with Crippen LogP contribution in [0.3, 0.4) is 0 Å². The molecule has 0 radical (unpaired) electrons. The number of nitro groups is 1. The molecule has 8 nitrogen and oxygen atoms in total. The average Bonchev–Trinajstić information content (AvgIpc) is 2.60.